The van der Waals surface area contributed by atoms with Crippen molar-refractivity contribution in [2.24, 2.45) is 10.9 Å². The molecule has 2 aromatic carbocycles. The van der Waals surface area contributed by atoms with Crippen LogP contribution in [0, 0.1) is 19.8 Å². The largest absolute Gasteiger partial charge is 0.352 e. The first-order valence-corrected chi connectivity index (χ1v) is 11.3. The van der Waals surface area contributed by atoms with E-state index in [1.54, 1.807) is 4.90 Å². The molecule has 2 aromatic rings. The van der Waals surface area contributed by atoms with Crippen LogP contribution in [-0.2, 0) is 16.0 Å². The highest BCUT2D eigenvalue weighted by Crippen LogP contribution is 2.39. The van der Waals surface area contributed by atoms with E-state index in [2.05, 4.69) is 24.4 Å². The predicted octanol–water partition coefficient (Wildman–Crippen LogP) is 4.66. The third-order valence-electron chi connectivity index (χ3n) is 6.46. The van der Waals surface area contributed by atoms with Crippen molar-refractivity contribution in [3.05, 3.63) is 59.2 Å². The van der Waals surface area contributed by atoms with Gasteiger partial charge in [-0.25, -0.2) is 0 Å². The number of hydrogen-bond acceptors (Lipinski definition) is 3. The molecule has 2 aliphatic rings. The minimum absolute atomic E-state index is 0.00495. The van der Waals surface area contributed by atoms with Crippen molar-refractivity contribution in [2.75, 3.05) is 11.4 Å². The molecule has 0 bridgehead atoms. The van der Waals surface area contributed by atoms with Crippen LogP contribution < -0.4 is 10.2 Å². The van der Waals surface area contributed by atoms with Crippen molar-refractivity contribution in [3.63, 3.8) is 0 Å². The number of benzene rings is 2. The normalized spacial score (nSPS) is 18.7. The molecule has 0 aromatic heterocycles. The highest BCUT2D eigenvalue weighted by atomic mass is 16.2. The second-order valence-electron chi connectivity index (χ2n) is 8.89. The van der Waals surface area contributed by atoms with E-state index in [4.69, 9.17) is 4.99 Å². The van der Waals surface area contributed by atoms with Gasteiger partial charge in [0.2, 0.25) is 11.8 Å². The maximum Gasteiger partial charge on any atom is 0.240 e. The number of amides is 2. The summed E-state index contributed by atoms with van der Waals surface area (Å²) >= 11 is 0. The van der Waals surface area contributed by atoms with Crippen LogP contribution in [0.2, 0.25) is 0 Å². The molecule has 2 amide bonds. The maximum absolute atomic E-state index is 13.4. The lowest BCUT2D eigenvalue weighted by Gasteiger charge is -2.26. The molecule has 1 aliphatic heterocycles. The van der Waals surface area contributed by atoms with Crippen LogP contribution in [0.25, 0.3) is 0 Å². The minimum Gasteiger partial charge on any atom is -0.352 e. The summed E-state index contributed by atoms with van der Waals surface area (Å²) in [6.45, 7) is 6.14. The number of carbonyl (C=O) groups excluding carboxylic acids is 2. The zero-order valence-electron chi connectivity index (χ0n) is 18.6. The number of hydrogen-bond donors (Lipinski definition) is 1. The van der Waals surface area contributed by atoms with Gasteiger partial charge >= 0.3 is 0 Å². The predicted molar refractivity (Wildman–Crippen MR) is 125 cm³/mol. The standard InChI is InChI=1S/C26H31N3O2/c1-17-14-23-24(15-18(17)2)29(26(31)21-10-7-11-22(21)28-23)16-25(30)27-19(3)12-13-20-8-5-4-6-9-20/h4-6,8-9,14-15,19,21H,7,10-13,16H2,1-3H3,(H,27,30)/t19-,21+/m0/s1. The van der Waals surface area contributed by atoms with Crippen LogP contribution >= 0.6 is 0 Å². The molecule has 0 unspecified atom stereocenters. The summed E-state index contributed by atoms with van der Waals surface area (Å²) in [7, 11) is 0. The number of nitrogens with zero attached hydrogens (tertiary/aromatic N) is 2. The van der Waals surface area contributed by atoms with Crippen LogP contribution in [0.1, 0.15) is 49.3 Å². The molecule has 0 spiro atoms. The first kappa shape index (κ1) is 21.3. The molecule has 0 radical (unpaired) electrons. The summed E-state index contributed by atoms with van der Waals surface area (Å²) in [6, 6.07) is 14.4. The lowest BCUT2D eigenvalue weighted by atomic mass is 10.0. The number of fused-ring (bicyclic) bond motifs is 2. The average molecular weight is 418 g/mol. The number of aryl methyl sites for hydroxylation is 3. The van der Waals surface area contributed by atoms with Gasteiger partial charge in [0.05, 0.1) is 17.3 Å². The van der Waals surface area contributed by atoms with Gasteiger partial charge in [-0.15, -0.1) is 0 Å². The average Bonchev–Trinajstić information content (AvgIpc) is 3.18. The van der Waals surface area contributed by atoms with Crippen molar-refractivity contribution in [1.82, 2.24) is 5.32 Å². The second-order valence-corrected chi connectivity index (χ2v) is 8.89. The van der Waals surface area contributed by atoms with Crippen molar-refractivity contribution < 1.29 is 9.59 Å². The topological polar surface area (TPSA) is 61.8 Å². The molecule has 2 atom stereocenters. The molecule has 4 rings (SSSR count). The molecule has 5 nitrogen and oxygen atoms in total. The van der Waals surface area contributed by atoms with E-state index in [0.29, 0.717) is 0 Å². The fourth-order valence-electron chi connectivity index (χ4n) is 4.51. The molecule has 1 heterocycles. The Morgan fingerprint density at radius 2 is 1.94 bits per heavy atom. The Morgan fingerprint density at radius 3 is 2.71 bits per heavy atom. The Hall–Kier alpha value is -2.95. The number of nitrogens with one attached hydrogen (secondary N) is 1. The van der Waals surface area contributed by atoms with Gasteiger partial charge in [0, 0.05) is 11.8 Å². The van der Waals surface area contributed by atoms with Gasteiger partial charge in [-0.3, -0.25) is 14.6 Å². The zero-order valence-corrected chi connectivity index (χ0v) is 18.6. The van der Waals surface area contributed by atoms with Gasteiger partial charge in [-0.1, -0.05) is 30.3 Å². The molecule has 5 heteroatoms. The van der Waals surface area contributed by atoms with Gasteiger partial charge < -0.3 is 10.2 Å². The van der Waals surface area contributed by atoms with Crippen molar-refractivity contribution in [2.45, 2.75) is 58.9 Å². The molecular formula is C26H31N3O2. The molecule has 162 valence electrons. The highest BCUT2D eigenvalue weighted by Gasteiger charge is 2.37. The van der Waals surface area contributed by atoms with Gasteiger partial charge in [-0.2, -0.15) is 0 Å². The van der Waals surface area contributed by atoms with E-state index >= 15 is 0 Å². The number of carbonyl (C=O) groups is 2. The number of aliphatic imine (C=N–C) groups is 1. The van der Waals surface area contributed by atoms with E-state index in [-0.39, 0.29) is 30.3 Å². The number of rotatable bonds is 6. The van der Waals surface area contributed by atoms with Crippen LogP contribution in [0.5, 0.6) is 0 Å². The lowest BCUT2D eigenvalue weighted by molar-refractivity contribution is -0.125. The fraction of sp³-hybridized carbons (Fsp3) is 0.423. The zero-order chi connectivity index (χ0) is 22.0. The molecule has 1 fully saturated rings. The van der Waals surface area contributed by atoms with Gasteiger partial charge in [0.15, 0.2) is 0 Å². The molecule has 1 N–H and O–H groups in total. The first-order valence-electron chi connectivity index (χ1n) is 11.3. The summed E-state index contributed by atoms with van der Waals surface area (Å²) in [5, 5.41) is 3.08. The molecule has 31 heavy (non-hydrogen) atoms. The van der Waals surface area contributed by atoms with Crippen LogP contribution in [0.4, 0.5) is 11.4 Å². The Labute approximate surface area is 184 Å². The van der Waals surface area contributed by atoms with Gasteiger partial charge in [0.1, 0.15) is 6.54 Å². The second kappa shape index (κ2) is 9.04. The maximum atomic E-state index is 13.4. The summed E-state index contributed by atoms with van der Waals surface area (Å²) in [6.07, 6.45) is 4.42. The van der Waals surface area contributed by atoms with E-state index < -0.39 is 0 Å². The van der Waals surface area contributed by atoms with Crippen molar-refractivity contribution >= 4 is 28.9 Å². The molecule has 0 saturated heterocycles. The Morgan fingerprint density at radius 1 is 1.19 bits per heavy atom. The van der Waals surface area contributed by atoms with Gasteiger partial charge in [-0.05, 0) is 81.7 Å². The highest BCUT2D eigenvalue weighted by molar-refractivity contribution is 6.16. The SMILES string of the molecule is Cc1cc2c(cc1C)N(CC(=O)N[C@@H](C)CCc1ccccc1)C(=O)[C@@H]1CCCC1=N2. The summed E-state index contributed by atoms with van der Waals surface area (Å²) < 4.78 is 0. The fourth-order valence-corrected chi connectivity index (χ4v) is 4.51. The third kappa shape index (κ3) is 4.71. The minimum atomic E-state index is -0.198. The Kier molecular flexibility index (Phi) is 6.21. The monoisotopic (exact) mass is 417 g/mol. The summed E-state index contributed by atoms with van der Waals surface area (Å²) in [5.74, 6) is -0.318. The van der Waals surface area contributed by atoms with E-state index in [9.17, 15) is 9.59 Å². The van der Waals surface area contributed by atoms with Crippen LogP contribution in [-0.4, -0.2) is 30.1 Å². The van der Waals surface area contributed by atoms with Crippen molar-refractivity contribution in [1.29, 1.82) is 0 Å². The van der Waals surface area contributed by atoms with Crippen molar-refractivity contribution in [3.8, 4) is 0 Å². The van der Waals surface area contributed by atoms with Gasteiger partial charge in [0.25, 0.3) is 0 Å². The van der Waals surface area contributed by atoms with Crippen LogP contribution in [0.3, 0.4) is 0 Å². The quantitative estimate of drug-likeness (QED) is 0.743. The van der Waals surface area contributed by atoms with Crippen LogP contribution in [0.15, 0.2) is 47.5 Å². The summed E-state index contributed by atoms with van der Waals surface area (Å²) in [4.78, 5) is 32.8. The smallest absolute Gasteiger partial charge is 0.240 e. The first-order chi connectivity index (χ1) is 14.9. The van der Waals surface area contributed by atoms with E-state index in [1.165, 1.54) is 5.56 Å². The number of anilines is 1. The Bertz CT molecular complexity index is 1010. The summed E-state index contributed by atoms with van der Waals surface area (Å²) in [5.41, 5.74) is 6.03. The molecular weight excluding hydrogens is 386 g/mol. The molecule has 1 saturated carbocycles. The lowest BCUT2D eigenvalue weighted by Crippen LogP contribution is -2.45. The molecule has 1 aliphatic carbocycles. The van der Waals surface area contributed by atoms with E-state index in [1.807, 2.05) is 44.2 Å². The third-order valence-corrected chi connectivity index (χ3v) is 6.46. The van der Waals surface area contributed by atoms with E-state index in [0.717, 1.165) is 60.3 Å². The Balaban J connectivity index is 1.48.